The van der Waals surface area contributed by atoms with Crippen LogP contribution in [0, 0.1) is 0 Å². The Kier molecular flexibility index (Phi) is 3.53. The summed E-state index contributed by atoms with van der Waals surface area (Å²) in [6, 6.07) is 7.67. The number of fused-ring (bicyclic) bond motifs is 1. The zero-order valence-electron chi connectivity index (χ0n) is 15.1. The van der Waals surface area contributed by atoms with Crippen LogP contribution in [0.1, 0.15) is 35.5 Å². The Labute approximate surface area is 155 Å². The highest BCUT2D eigenvalue weighted by Gasteiger charge is 2.43. The number of carbonyl (C=O) groups is 1. The van der Waals surface area contributed by atoms with Gasteiger partial charge in [0.1, 0.15) is 5.75 Å². The number of amides is 1. The normalized spacial score (nSPS) is 21.6. The molecule has 0 aliphatic carbocycles. The Hall–Kier alpha value is -3.16. The molecule has 2 aliphatic heterocycles. The lowest BCUT2D eigenvalue weighted by Crippen LogP contribution is -2.25. The van der Waals surface area contributed by atoms with Crippen LogP contribution < -0.4 is 4.74 Å². The number of ether oxygens (including phenoxy) is 1. The maximum absolute atomic E-state index is 12.4. The molecule has 2 aliphatic rings. The van der Waals surface area contributed by atoms with Gasteiger partial charge < -0.3 is 14.2 Å². The minimum Gasteiger partial charge on any atom is -0.493 e. The van der Waals surface area contributed by atoms with Crippen LogP contribution in [0.2, 0.25) is 0 Å². The fourth-order valence-corrected chi connectivity index (χ4v) is 4.00. The molecule has 1 fully saturated rings. The van der Waals surface area contributed by atoms with E-state index in [1.807, 2.05) is 31.3 Å². The molecule has 1 amide bonds. The van der Waals surface area contributed by atoms with Crippen molar-refractivity contribution in [2.24, 2.45) is 7.05 Å². The lowest BCUT2D eigenvalue weighted by molar-refractivity contribution is -0.127. The molecule has 2 atom stereocenters. The predicted octanol–water partition coefficient (Wildman–Crippen LogP) is 2.09. The van der Waals surface area contributed by atoms with Crippen molar-refractivity contribution in [2.45, 2.75) is 24.8 Å². The Morgan fingerprint density at radius 3 is 2.93 bits per heavy atom. The fraction of sp³-hybridized carbons (Fsp3) is 0.368. The summed E-state index contributed by atoms with van der Waals surface area (Å²) in [7, 11) is 3.67. The molecule has 3 aromatic rings. The highest BCUT2D eigenvalue weighted by atomic mass is 16.5. The van der Waals surface area contributed by atoms with Gasteiger partial charge in [-0.3, -0.25) is 9.48 Å². The van der Waals surface area contributed by atoms with Crippen LogP contribution in [0.4, 0.5) is 0 Å². The molecular weight excluding hydrogens is 346 g/mol. The maximum Gasteiger partial charge on any atom is 0.233 e. The van der Waals surface area contributed by atoms with E-state index >= 15 is 0 Å². The summed E-state index contributed by atoms with van der Waals surface area (Å²) in [5.74, 6) is 1.79. The van der Waals surface area contributed by atoms with Gasteiger partial charge in [0.25, 0.3) is 0 Å². The molecule has 138 valence electrons. The zero-order valence-corrected chi connectivity index (χ0v) is 15.1. The van der Waals surface area contributed by atoms with Crippen molar-refractivity contribution in [2.75, 3.05) is 13.7 Å². The highest BCUT2D eigenvalue weighted by molar-refractivity contribution is 5.80. The third-order valence-corrected chi connectivity index (χ3v) is 5.45. The van der Waals surface area contributed by atoms with Gasteiger partial charge in [-0.2, -0.15) is 10.1 Å². The van der Waals surface area contributed by atoms with Crippen LogP contribution in [0.5, 0.6) is 5.75 Å². The van der Waals surface area contributed by atoms with Gasteiger partial charge in [0.2, 0.25) is 17.6 Å². The van der Waals surface area contributed by atoms with Crippen molar-refractivity contribution < 1.29 is 14.1 Å². The Morgan fingerprint density at radius 1 is 1.22 bits per heavy atom. The van der Waals surface area contributed by atoms with E-state index in [0.717, 1.165) is 29.0 Å². The van der Waals surface area contributed by atoms with E-state index in [4.69, 9.17) is 9.26 Å². The number of hydrogen-bond donors (Lipinski definition) is 0. The second-order valence-corrected chi connectivity index (χ2v) is 7.02. The molecule has 8 heteroatoms. The van der Waals surface area contributed by atoms with Gasteiger partial charge in [-0.1, -0.05) is 5.16 Å². The summed E-state index contributed by atoms with van der Waals surface area (Å²) < 4.78 is 12.9. The second kappa shape index (κ2) is 5.94. The van der Waals surface area contributed by atoms with Gasteiger partial charge in [-0.05, 0) is 29.8 Å². The van der Waals surface area contributed by atoms with Gasteiger partial charge in [0.15, 0.2) is 0 Å². The van der Waals surface area contributed by atoms with Gasteiger partial charge in [0.05, 0.1) is 24.3 Å². The Balaban J connectivity index is 1.50. The van der Waals surface area contributed by atoms with Crippen LogP contribution in [-0.4, -0.2) is 44.4 Å². The monoisotopic (exact) mass is 365 g/mol. The SMILES string of the molecule is CN1C(=O)CC(c2nc(-c3ccc4c(c3)CCO4)no2)C1c1ccnn1C. The van der Waals surface area contributed by atoms with Crippen LogP contribution in [0.25, 0.3) is 11.4 Å². The Morgan fingerprint density at radius 2 is 2.11 bits per heavy atom. The molecule has 0 spiro atoms. The number of carbonyl (C=O) groups excluding carboxylic acids is 1. The van der Waals surface area contributed by atoms with E-state index in [1.54, 1.807) is 22.8 Å². The minimum atomic E-state index is -0.197. The maximum atomic E-state index is 12.4. The predicted molar refractivity (Wildman–Crippen MR) is 95.0 cm³/mol. The minimum absolute atomic E-state index is 0.0561. The van der Waals surface area contributed by atoms with E-state index in [2.05, 4.69) is 15.2 Å². The van der Waals surface area contributed by atoms with E-state index in [9.17, 15) is 4.79 Å². The summed E-state index contributed by atoms with van der Waals surface area (Å²) in [6.07, 6.45) is 2.96. The summed E-state index contributed by atoms with van der Waals surface area (Å²) in [5, 5.41) is 8.40. The standard InChI is InChI=1S/C19H19N5O3/c1-23-16(25)10-13(17(23)14-5-7-20-24(14)2)19-21-18(22-27-19)12-3-4-15-11(9-12)6-8-26-15/h3-5,7,9,13,17H,6,8,10H2,1-2H3. The number of rotatable bonds is 3. The lowest BCUT2D eigenvalue weighted by Gasteiger charge is -2.23. The fourth-order valence-electron chi connectivity index (χ4n) is 4.00. The number of aryl methyl sites for hydroxylation is 1. The van der Waals surface area contributed by atoms with Crippen LogP contribution in [0.15, 0.2) is 35.0 Å². The number of hydrogen-bond acceptors (Lipinski definition) is 6. The van der Waals surface area contributed by atoms with Gasteiger partial charge in [0, 0.05) is 38.7 Å². The largest absolute Gasteiger partial charge is 0.493 e. The lowest BCUT2D eigenvalue weighted by atomic mass is 9.97. The first-order valence-corrected chi connectivity index (χ1v) is 8.95. The van der Waals surface area contributed by atoms with Crippen molar-refractivity contribution in [1.29, 1.82) is 0 Å². The molecule has 27 heavy (non-hydrogen) atoms. The molecule has 2 aromatic heterocycles. The first-order chi connectivity index (χ1) is 13.1. The third-order valence-electron chi connectivity index (χ3n) is 5.45. The molecule has 8 nitrogen and oxygen atoms in total. The number of likely N-dealkylation sites (N-methyl/N-ethyl adjacent to an activating group) is 1. The van der Waals surface area contributed by atoms with Crippen LogP contribution >= 0.6 is 0 Å². The molecule has 2 unspecified atom stereocenters. The molecule has 1 saturated heterocycles. The van der Waals surface area contributed by atoms with Crippen molar-refractivity contribution >= 4 is 5.91 Å². The van der Waals surface area contributed by atoms with E-state index in [1.165, 1.54) is 0 Å². The molecule has 5 rings (SSSR count). The molecule has 1 aromatic carbocycles. The van der Waals surface area contributed by atoms with Crippen molar-refractivity contribution in [3.8, 4) is 17.1 Å². The summed E-state index contributed by atoms with van der Waals surface area (Å²) >= 11 is 0. The van der Waals surface area contributed by atoms with E-state index in [-0.39, 0.29) is 17.9 Å². The zero-order chi connectivity index (χ0) is 18.5. The number of aromatic nitrogens is 4. The first kappa shape index (κ1) is 16.0. The highest BCUT2D eigenvalue weighted by Crippen LogP contribution is 2.43. The summed E-state index contributed by atoms with van der Waals surface area (Å²) in [6.45, 7) is 0.708. The summed E-state index contributed by atoms with van der Waals surface area (Å²) in [5.41, 5.74) is 2.99. The van der Waals surface area contributed by atoms with Crippen LogP contribution in [0.3, 0.4) is 0 Å². The van der Waals surface area contributed by atoms with Gasteiger partial charge >= 0.3 is 0 Å². The third kappa shape index (κ3) is 2.51. The average molecular weight is 365 g/mol. The molecular formula is C19H19N5O3. The average Bonchev–Trinajstić information content (AvgIpc) is 3.43. The topological polar surface area (TPSA) is 86.3 Å². The molecule has 0 N–H and O–H groups in total. The van der Waals surface area contributed by atoms with Crippen molar-refractivity contribution in [1.82, 2.24) is 24.8 Å². The van der Waals surface area contributed by atoms with Gasteiger partial charge in [-0.15, -0.1) is 0 Å². The molecule has 0 bridgehead atoms. The van der Waals surface area contributed by atoms with E-state index < -0.39 is 0 Å². The van der Waals surface area contributed by atoms with Crippen molar-refractivity contribution in [3.63, 3.8) is 0 Å². The number of likely N-dealkylation sites (tertiary alicyclic amines) is 1. The first-order valence-electron chi connectivity index (χ1n) is 8.95. The smallest absolute Gasteiger partial charge is 0.233 e. The van der Waals surface area contributed by atoms with Crippen LogP contribution in [-0.2, 0) is 18.3 Å². The molecule has 0 radical (unpaired) electrons. The number of nitrogens with zero attached hydrogens (tertiary/aromatic N) is 5. The Bertz CT molecular complexity index is 1020. The quantitative estimate of drug-likeness (QED) is 0.706. The van der Waals surface area contributed by atoms with E-state index in [0.29, 0.717) is 24.7 Å². The molecule has 4 heterocycles. The summed E-state index contributed by atoms with van der Waals surface area (Å²) in [4.78, 5) is 18.7. The van der Waals surface area contributed by atoms with Crippen molar-refractivity contribution in [3.05, 3.63) is 47.6 Å². The number of benzene rings is 1. The van der Waals surface area contributed by atoms with Gasteiger partial charge in [-0.25, -0.2) is 0 Å². The molecule has 0 saturated carbocycles. The second-order valence-electron chi connectivity index (χ2n) is 7.02.